The monoisotopic (exact) mass is 216 g/mol. The van der Waals surface area contributed by atoms with Crippen LogP contribution in [0, 0.1) is 0 Å². The lowest BCUT2D eigenvalue weighted by Gasteiger charge is -2.13. The number of pyridine rings is 1. The molecule has 0 bridgehead atoms. The molecule has 0 aliphatic carbocycles. The first-order valence-corrected chi connectivity index (χ1v) is 5.48. The van der Waals surface area contributed by atoms with Crippen molar-refractivity contribution in [3.63, 3.8) is 0 Å². The van der Waals surface area contributed by atoms with Crippen LogP contribution in [0.2, 0.25) is 0 Å². The molecule has 0 aliphatic heterocycles. The standard InChI is InChI=1S/C12H16N4/c1-3-11(13-2)12-6-5-10(9-14-12)16-8-4-7-15-16/h4-9,11,13H,3H2,1-2H3. The number of hydrogen-bond acceptors (Lipinski definition) is 3. The molecule has 1 unspecified atom stereocenters. The Balaban J connectivity index is 2.22. The molecular weight excluding hydrogens is 200 g/mol. The second-order valence-electron chi connectivity index (χ2n) is 3.64. The van der Waals surface area contributed by atoms with E-state index in [4.69, 9.17) is 0 Å². The summed E-state index contributed by atoms with van der Waals surface area (Å²) in [6.07, 6.45) is 6.55. The molecule has 4 heteroatoms. The van der Waals surface area contributed by atoms with Crippen molar-refractivity contribution < 1.29 is 0 Å². The molecule has 0 aromatic carbocycles. The summed E-state index contributed by atoms with van der Waals surface area (Å²) >= 11 is 0. The zero-order valence-electron chi connectivity index (χ0n) is 9.59. The molecule has 0 saturated carbocycles. The molecule has 0 radical (unpaired) electrons. The predicted octanol–water partition coefficient (Wildman–Crippen LogP) is 1.94. The molecule has 0 spiro atoms. The van der Waals surface area contributed by atoms with E-state index in [1.165, 1.54) is 0 Å². The van der Waals surface area contributed by atoms with Crippen LogP contribution in [0.5, 0.6) is 0 Å². The molecule has 2 rings (SSSR count). The van der Waals surface area contributed by atoms with Crippen LogP contribution in [-0.4, -0.2) is 21.8 Å². The first-order chi connectivity index (χ1) is 7.85. The van der Waals surface area contributed by atoms with Crippen molar-refractivity contribution in [2.45, 2.75) is 19.4 Å². The van der Waals surface area contributed by atoms with Crippen molar-refractivity contribution in [3.8, 4) is 5.69 Å². The van der Waals surface area contributed by atoms with Gasteiger partial charge in [0.1, 0.15) is 0 Å². The largest absolute Gasteiger partial charge is 0.312 e. The van der Waals surface area contributed by atoms with Gasteiger partial charge in [-0.2, -0.15) is 5.10 Å². The van der Waals surface area contributed by atoms with E-state index >= 15 is 0 Å². The minimum Gasteiger partial charge on any atom is -0.312 e. The lowest BCUT2D eigenvalue weighted by atomic mass is 10.1. The molecule has 1 N–H and O–H groups in total. The number of nitrogens with zero attached hydrogens (tertiary/aromatic N) is 3. The molecule has 0 fully saturated rings. The third-order valence-electron chi connectivity index (χ3n) is 2.65. The van der Waals surface area contributed by atoms with E-state index < -0.39 is 0 Å². The van der Waals surface area contributed by atoms with Gasteiger partial charge in [0.05, 0.1) is 17.6 Å². The minimum atomic E-state index is 0.326. The molecule has 2 heterocycles. The van der Waals surface area contributed by atoms with E-state index in [2.05, 4.69) is 22.3 Å². The Morgan fingerprint density at radius 3 is 2.81 bits per heavy atom. The van der Waals surface area contributed by atoms with Crippen LogP contribution in [-0.2, 0) is 0 Å². The van der Waals surface area contributed by atoms with Crippen LogP contribution in [0.4, 0.5) is 0 Å². The zero-order valence-corrected chi connectivity index (χ0v) is 9.59. The SMILES string of the molecule is CCC(NC)c1ccc(-n2cccn2)cn1. The normalized spacial score (nSPS) is 12.6. The maximum Gasteiger partial charge on any atom is 0.0828 e. The van der Waals surface area contributed by atoms with Gasteiger partial charge in [-0.05, 0) is 31.7 Å². The molecule has 0 amide bonds. The summed E-state index contributed by atoms with van der Waals surface area (Å²) < 4.78 is 1.80. The fourth-order valence-corrected chi connectivity index (χ4v) is 1.72. The average Bonchev–Trinajstić information content (AvgIpc) is 2.85. The van der Waals surface area contributed by atoms with E-state index in [1.54, 1.807) is 10.9 Å². The minimum absolute atomic E-state index is 0.326. The first-order valence-electron chi connectivity index (χ1n) is 5.48. The van der Waals surface area contributed by atoms with Crippen LogP contribution in [0.15, 0.2) is 36.8 Å². The second kappa shape index (κ2) is 4.90. The van der Waals surface area contributed by atoms with Gasteiger partial charge in [0.25, 0.3) is 0 Å². The van der Waals surface area contributed by atoms with Gasteiger partial charge in [-0.3, -0.25) is 4.98 Å². The molecular formula is C12H16N4. The molecule has 0 saturated heterocycles. The van der Waals surface area contributed by atoms with Crippen molar-refractivity contribution >= 4 is 0 Å². The Hall–Kier alpha value is -1.68. The van der Waals surface area contributed by atoms with Gasteiger partial charge >= 0.3 is 0 Å². The van der Waals surface area contributed by atoms with E-state index in [0.29, 0.717) is 6.04 Å². The third kappa shape index (κ3) is 2.12. The zero-order chi connectivity index (χ0) is 11.4. The fraction of sp³-hybridized carbons (Fsp3) is 0.333. The van der Waals surface area contributed by atoms with Gasteiger partial charge in [0.15, 0.2) is 0 Å². The third-order valence-corrected chi connectivity index (χ3v) is 2.65. The van der Waals surface area contributed by atoms with Gasteiger partial charge in [-0.25, -0.2) is 4.68 Å². The van der Waals surface area contributed by atoms with E-state index in [9.17, 15) is 0 Å². The van der Waals surface area contributed by atoms with Crippen LogP contribution < -0.4 is 5.32 Å². The van der Waals surface area contributed by atoms with Crippen molar-refractivity contribution in [1.82, 2.24) is 20.1 Å². The van der Waals surface area contributed by atoms with E-state index in [0.717, 1.165) is 17.8 Å². The molecule has 4 nitrogen and oxygen atoms in total. The lowest BCUT2D eigenvalue weighted by Crippen LogP contribution is -2.16. The quantitative estimate of drug-likeness (QED) is 0.849. The highest BCUT2D eigenvalue weighted by Crippen LogP contribution is 2.14. The molecule has 84 valence electrons. The Kier molecular flexibility index (Phi) is 3.31. The molecule has 16 heavy (non-hydrogen) atoms. The Morgan fingerprint density at radius 1 is 1.44 bits per heavy atom. The summed E-state index contributed by atoms with van der Waals surface area (Å²) in [5, 5.41) is 7.40. The van der Waals surface area contributed by atoms with Gasteiger partial charge in [0.2, 0.25) is 0 Å². The summed E-state index contributed by atoms with van der Waals surface area (Å²) in [7, 11) is 1.96. The molecule has 2 aromatic heterocycles. The van der Waals surface area contributed by atoms with E-state index in [1.807, 2.05) is 37.6 Å². The first kappa shape index (κ1) is 10.8. The number of hydrogen-bond donors (Lipinski definition) is 1. The number of aromatic nitrogens is 3. The Labute approximate surface area is 95.3 Å². The highest BCUT2D eigenvalue weighted by molar-refractivity contribution is 5.29. The Bertz CT molecular complexity index is 415. The van der Waals surface area contributed by atoms with Crippen molar-refractivity contribution in [3.05, 3.63) is 42.5 Å². The van der Waals surface area contributed by atoms with Gasteiger partial charge in [0, 0.05) is 18.4 Å². The van der Waals surface area contributed by atoms with Crippen molar-refractivity contribution in [2.75, 3.05) is 7.05 Å². The summed E-state index contributed by atoms with van der Waals surface area (Å²) in [5.41, 5.74) is 2.06. The summed E-state index contributed by atoms with van der Waals surface area (Å²) in [5.74, 6) is 0. The maximum absolute atomic E-state index is 4.45. The highest BCUT2D eigenvalue weighted by Gasteiger charge is 2.07. The van der Waals surface area contributed by atoms with Gasteiger partial charge < -0.3 is 5.32 Å². The highest BCUT2D eigenvalue weighted by atomic mass is 15.3. The van der Waals surface area contributed by atoms with Gasteiger partial charge in [-0.1, -0.05) is 6.92 Å². The van der Waals surface area contributed by atoms with Gasteiger partial charge in [-0.15, -0.1) is 0 Å². The summed E-state index contributed by atoms with van der Waals surface area (Å²) in [6, 6.07) is 6.31. The van der Waals surface area contributed by atoms with Crippen LogP contribution in [0.25, 0.3) is 5.69 Å². The van der Waals surface area contributed by atoms with Crippen LogP contribution >= 0.6 is 0 Å². The smallest absolute Gasteiger partial charge is 0.0828 e. The van der Waals surface area contributed by atoms with Crippen LogP contribution in [0.3, 0.4) is 0 Å². The average molecular weight is 216 g/mol. The summed E-state index contributed by atoms with van der Waals surface area (Å²) in [6.45, 7) is 2.14. The Morgan fingerprint density at radius 2 is 2.31 bits per heavy atom. The summed E-state index contributed by atoms with van der Waals surface area (Å²) in [4.78, 5) is 4.45. The fourth-order valence-electron chi connectivity index (χ4n) is 1.72. The lowest BCUT2D eigenvalue weighted by molar-refractivity contribution is 0.561. The van der Waals surface area contributed by atoms with E-state index in [-0.39, 0.29) is 0 Å². The molecule has 0 aliphatic rings. The van der Waals surface area contributed by atoms with Crippen molar-refractivity contribution in [2.24, 2.45) is 0 Å². The number of rotatable bonds is 4. The molecule has 2 aromatic rings. The number of nitrogens with one attached hydrogen (secondary N) is 1. The predicted molar refractivity (Wildman–Crippen MR) is 63.5 cm³/mol. The molecule has 1 atom stereocenters. The van der Waals surface area contributed by atoms with Crippen LogP contribution in [0.1, 0.15) is 25.1 Å². The topological polar surface area (TPSA) is 42.7 Å². The maximum atomic E-state index is 4.45. The second-order valence-corrected chi connectivity index (χ2v) is 3.64. The van der Waals surface area contributed by atoms with Crippen molar-refractivity contribution in [1.29, 1.82) is 0 Å².